The summed E-state index contributed by atoms with van der Waals surface area (Å²) in [6.07, 6.45) is 1.61. The number of rotatable bonds is 5. The van der Waals surface area contributed by atoms with Crippen LogP contribution in [0.3, 0.4) is 0 Å². The maximum Gasteiger partial charge on any atom is 0.271 e. The van der Waals surface area contributed by atoms with E-state index in [0.29, 0.717) is 12.2 Å². The van der Waals surface area contributed by atoms with E-state index in [1.807, 2.05) is 23.8 Å². The maximum atomic E-state index is 11.8. The first kappa shape index (κ1) is 13.3. The number of ether oxygens (including phenoxy) is 1. The summed E-state index contributed by atoms with van der Waals surface area (Å²) in [7, 11) is 0. The summed E-state index contributed by atoms with van der Waals surface area (Å²) in [5, 5.41) is 7.80. The van der Waals surface area contributed by atoms with Crippen molar-refractivity contribution in [2.75, 3.05) is 6.61 Å². The Labute approximate surface area is 115 Å². The number of hydrazone groups is 1. The molecule has 1 N–H and O–H groups in total. The van der Waals surface area contributed by atoms with Crippen molar-refractivity contribution in [1.82, 2.24) is 5.43 Å². The molecule has 0 saturated heterocycles. The van der Waals surface area contributed by atoms with Gasteiger partial charge in [-0.2, -0.15) is 16.4 Å². The van der Waals surface area contributed by atoms with Crippen LogP contribution >= 0.6 is 11.3 Å². The molecule has 0 atom stereocenters. The van der Waals surface area contributed by atoms with E-state index in [1.165, 1.54) is 0 Å². The Hall–Kier alpha value is -2.14. The Kier molecular flexibility index (Phi) is 4.69. The lowest BCUT2D eigenvalue weighted by atomic mass is 10.2. The molecule has 2 aromatic rings. The van der Waals surface area contributed by atoms with Crippen LogP contribution in [0.2, 0.25) is 0 Å². The summed E-state index contributed by atoms with van der Waals surface area (Å²) >= 11 is 1.58. The number of carbonyl (C=O) groups is 1. The molecular weight excluding hydrogens is 260 g/mol. The molecule has 0 bridgehead atoms. The lowest BCUT2D eigenvalue weighted by Gasteiger charge is -2.03. The van der Waals surface area contributed by atoms with E-state index in [2.05, 4.69) is 10.5 Å². The zero-order valence-corrected chi connectivity index (χ0v) is 11.3. The van der Waals surface area contributed by atoms with Gasteiger partial charge in [0.15, 0.2) is 0 Å². The van der Waals surface area contributed by atoms with Gasteiger partial charge in [0.25, 0.3) is 5.91 Å². The van der Waals surface area contributed by atoms with Gasteiger partial charge in [0.1, 0.15) is 5.75 Å². The van der Waals surface area contributed by atoms with E-state index >= 15 is 0 Å². The van der Waals surface area contributed by atoms with Crippen molar-refractivity contribution in [3.05, 3.63) is 52.2 Å². The minimum Gasteiger partial charge on any atom is -0.494 e. The van der Waals surface area contributed by atoms with E-state index in [1.54, 1.807) is 41.8 Å². The third kappa shape index (κ3) is 3.93. The van der Waals surface area contributed by atoms with Crippen molar-refractivity contribution in [2.24, 2.45) is 5.10 Å². The van der Waals surface area contributed by atoms with Crippen LogP contribution in [-0.2, 0) is 0 Å². The van der Waals surface area contributed by atoms with Crippen molar-refractivity contribution in [3.63, 3.8) is 0 Å². The van der Waals surface area contributed by atoms with Gasteiger partial charge in [0, 0.05) is 11.1 Å². The second-order valence-corrected chi connectivity index (χ2v) is 4.49. The van der Waals surface area contributed by atoms with Gasteiger partial charge in [-0.1, -0.05) is 0 Å². The molecule has 0 aliphatic carbocycles. The first-order valence-corrected chi connectivity index (χ1v) is 6.82. The van der Waals surface area contributed by atoms with Crippen LogP contribution in [0, 0.1) is 0 Å². The molecule has 2 rings (SSSR count). The first-order chi connectivity index (χ1) is 9.29. The van der Waals surface area contributed by atoms with E-state index in [9.17, 15) is 4.79 Å². The van der Waals surface area contributed by atoms with Gasteiger partial charge in [-0.3, -0.25) is 4.79 Å². The smallest absolute Gasteiger partial charge is 0.271 e. The van der Waals surface area contributed by atoms with Crippen LogP contribution in [0.25, 0.3) is 0 Å². The highest BCUT2D eigenvalue weighted by molar-refractivity contribution is 7.08. The molecule has 0 spiro atoms. The Balaban J connectivity index is 1.92. The van der Waals surface area contributed by atoms with E-state index in [-0.39, 0.29) is 5.91 Å². The molecule has 0 aliphatic rings. The summed E-state index contributed by atoms with van der Waals surface area (Å²) in [6, 6.07) is 8.88. The second kappa shape index (κ2) is 6.70. The van der Waals surface area contributed by atoms with Crippen molar-refractivity contribution < 1.29 is 9.53 Å². The average Bonchev–Trinajstić information content (AvgIpc) is 2.93. The molecule has 98 valence electrons. The molecule has 0 unspecified atom stereocenters. The van der Waals surface area contributed by atoms with Gasteiger partial charge in [-0.05, 0) is 48.0 Å². The molecule has 1 heterocycles. The molecular formula is C14H14N2O2S. The lowest BCUT2D eigenvalue weighted by molar-refractivity contribution is 0.0955. The van der Waals surface area contributed by atoms with Crippen molar-refractivity contribution in [3.8, 4) is 5.75 Å². The molecule has 0 saturated carbocycles. The molecule has 5 heteroatoms. The number of hydrogen-bond donors (Lipinski definition) is 1. The topological polar surface area (TPSA) is 50.7 Å². The summed E-state index contributed by atoms with van der Waals surface area (Å²) in [6.45, 7) is 2.52. The number of nitrogens with zero attached hydrogens (tertiary/aromatic N) is 1. The minimum atomic E-state index is -0.241. The van der Waals surface area contributed by atoms with Gasteiger partial charge in [-0.15, -0.1) is 0 Å². The summed E-state index contributed by atoms with van der Waals surface area (Å²) in [5.41, 5.74) is 4.00. The van der Waals surface area contributed by atoms with Gasteiger partial charge < -0.3 is 4.74 Å². The Morgan fingerprint density at radius 3 is 2.79 bits per heavy atom. The fraction of sp³-hybridized carbons (Fsp3) is 0.143. The monoisotopic (exact) mass is 274 g/mol. The zero-order valence-electron chi connectivity index (χ0n) is 10.5. The average molecular weight is 274 g/mol. The number of thiophene rings is 1. The summed E-state index contributed by atoms with van der Waals surface area (Å²) in [5.74, 6) is 0.510. The van der Waals surface area contributed by atoms with Crippen molar-refractivity contribution >= 4 is 23.5 Å². The van der Waals surface area contributed by atoms with Gasteiger partial charge in [-0.25, -0.2) is 5.43 Å². The van der Waals surface area contributed by atoms with Gasteiger partial charge in [0.05, 0.1) is 12.8 Å². The van der Waals surface area contributed by atoms with Crippen LogP contribution < -0.4 is 10.2 Å². The van der Waals surface area contributed by atoms with Crippen LogP contribution in [0.5, 0.6) is 5.75 Å². The standard InChI is InChI=1S/C14H14N2O2S/c1-2-18-13-5-3-12(4-6-13)14(17)16-15-9-11-7-8-19-10-11/h3-10H,2H2,1H3,(H,16,17)/b15-9+. The van der Waals surface area contributed by atoms with Crippen LogP contribution in [0.1, 0.15) is 22.8 Å². The normalized spacial score (nSPS) is 10.6. The molecule has 0 aliphatic heterocycles. The highest BCUT2D eigenvalue weighted by Crippen LogP contribution is 2.11. The first-order valence-electron chi connectivity index (χ1n) is 5.88. The Bertz CT molecular complexity index is 547. The molecule has 0 radical (unpaired) electrons. The SMILES string of the molecule is CCOc1ccc(C(=O)N/N=C/c2ccsc2)cc1. The van der Waals surface area contributed by atoms with Crippen molar-refractivity contribution in [2.45, 2.75) is 6.92 Å². The number of carbonyl (C=O) groups excluding carboxylic acids is 1. The Morgan fingerprint density at radius 2 is 2.16 bits per heavy atom. The van der Waals surface area contributed by atoms with E-state index in [0.717, 1.165) is 11.3 Å². The highest BCUT2D eigenvalue weighted by Gasteiger charge is 2.03. The minimum absolute atomic E-state index is 0.241. The second-order valence-electron chi connectivity index (χ2n) is 3.71. The lowest BCUT2D eigenvalue weighted by Crippen LogP contribution is -2.17. The third-order valence-corrected chi connectivity index (χ3v) is 3.05. The van der Waals surface area contributed by atoms with Crippen LogP contribution in [-0.4, -0.2) is 18.7 Å². The fourth-order valence-corrected chi connectivity index (χ4v) is 2.06. The summed E-state index contributed by atoms with van der Waals surface area (Å²) in [4.78, 5) is 11.8. The summed E-state index contributed by atoms with van der Waals surface area (Å²) < 4.78 is 5.31. The van der Waals surface area contributed by atoms with Crippen LogP contribution in [0.4, 0.5) is 0 Å². The quantitative estimate of drug-likeness (QED) is 0.673. The number of hydrogen-bond acceptors (Lipinski definition) is 4. The maximum absolute atomic E-state index is 11.8. The molecule has 0 fully saturated rings. The number of amides is 1. The molecule has 1 amide bonds. The fourth-order valence-electron chi connectivity index (χ4n) is 1.45. The number of nitrogens with one attached hydrogen (secondary N) is 1. The predicted molar refractivity (Wildman–Crippen MR) is 77.0 cm³/mol. The Morgan fingerprint density at radius 1 is 1.37 bits per heavy atom. The molecule has 1 aromatic heterocycles. The zero-order chi connectivity index (χ0) is 13.5. The highest BCUT2D eigenvalue weighted by atomic mass is 32.1. The number of benzene rings is 1. The largest absolute Gasteiger partial charge is 0.494 e. The predicted octanol–water partition coefficient (Wildman–Crippen LogP) is 2.91. The third-order valence-electron chi connectivity index (χ3n) is 2.35. The van der Waals surface area contributed by atoms with Crippen LogP contribution in [0.15, 0.2) is 46.2 Å². The van der Waals surface area contributed by atoms with Gasteiger partial charge in [0.2, 0.25) is 0 Å². The van der Waals surface area contributed by atoms with E-state index < -0.39 is 0 Å². The van der Waals surface area contributed by atoms with E-state index in [4.69, 9.17) is 4.74 Å². The van der Waals surface area contributed by atoms with Crippen molar-refractivity contribution in [1.29, 1.82) is 0 Å². The molecule has 4 nitrogen and oxygen atoms in total. The van der Waals surface area contributed by atoms with Gasteiger partial charge >= 0.3 is 0 Å². The molecule has 19 heavy (non-hydrogen) atoms. The molecule has 1 aromatic carbocycles.